The number of nitrogens with zero attached hydrogens (tertiary/aromatic N) is 1. The van der Waals surface area contributed by atoms with Crippen molar-refractivity contribution in [2.45, 2.75) is 37.8 Å². The van der Waals surface area contributed by atoms with E-state index in [2.05, 4.69) is 27.8 Å². The lowest BCUT2D eigenvalue weighted by Gasteiger charge is -2.17. The Hall–Kier alpha value is -0.340. The maximum Gasteiger partial charge on any atom is 0.191 e. The summed E-state index contributed by atoms with van der Waals surface area (Å²) in [7, 11) is 1.80. The van der Waals surface area contributed by atoms with Gasteiger partial charge >= 0.3 is 0 Å². The second-order valence-corrected chi connectivity index (χ2v) is 4.99. The molecule has 0 aromatic carbocycles. The molecule has 0 bridgehead atoms. The Balaban J connectivity index is 0.00000200. The first-order valence-corrected chi connectivity index (χ1v) is 7.20. The second kappa shape index (κ2) is 10.4. The van der Waals surface area contributed by atoms with Gasteiger partial charge in [0.05, 0.1) is 19.3 Å². The van der Waals surface area contributed by atoms with Crippen LogP contribution in [0.1, 0.15) is 25.7 Å². The highest BCUT2D eigenvalue weighted by atomic mass is 127. The molecule has 1 atom stereocenters. The molecule has 0 spiro atoms. The first-order chi connectivity index (χ1) is 9.38. The van der Waals surface area contributed by atoms with Gasteiger partial charge in [0, 0.05) is 26.2 Å². The summed E-state index contributed by atoms with van der Waals surface area (Å²) < 4.78 is 11.1. The fourth-order valence-corrected chi connectivity index (χ4v) is 2.36. The van der Waals surface area contributed by atoms with Gasteiger partial charge in [0.15, 0.2) is 5.96 Å². The first kappa shape index (κ1) is 17.7. The molecule has 0 saturated carbocycles. The smallest absolute Gasteiger partial charge is 0.191 e. The fourth-order valence-electron chi connectivity index (χ4n) is 2.36. The standard InChI is InChI=1S/C14H25N3O2.HI/c1-15-14(17-12-5-2-3-6-12)16-8-10-18-11-13-7-4-9-19-13;/h2-3,12-13H,4-11H2,1H3,(H2,15,16,17);1H. The van der Waals surface area contributed by atoms with Crippen molar-refractivity contribution in [3.63, 3.8) is 0 Å². The largest absolute Gasteiger partial charge is 0.377 e. The third kappa shape index (κ3) is 6.41. The number of aliphatic imine (C=N–C) groups is 1. The predicted octanol–water partition coefficient (Wildman–Crippen LogP) is 1.68. The molecule has 5 nitrogen and oxygen atoms in total. The van der Waals surface area contributed by atoms with Gasteiger partial charge in [-0.1, -0.05) is 12.2 Å². The van der Waals surface area contributed by atoms with Crippen molar-refractivity contribution >= 4 is 29.9 Å². The molecule has 1 unspecified atom stereocenters. The number of halogens is 1. The molecule has 0 radical (unpaired) electrons. The first-order valence-electron chi connectivity index (χ1n) is 7.20. The van der Waals surface area contributed by atoms with E-state index in [-0.39, 0.29) is 24.0 Å². The SMILES string of the molecule is CN=C(NCCOCC1CCCO1)NC1CC=CC1.I. The Morgan fingerprint density at radius 3 is 2.85 bits per heavy atom. The monoisotopic (exact) mass is 395 g/mol. The quantitative estimate of drug-likeness (QED) is 0.236. The molecule has 6 heteroatoms. The van der Waals surface area contributed by atoms with Crippen molar-refractivity contribution in [1.82, 2.24) is 10.6 Å². The van der Waals surface area contributed by atoms with Gasteiger partial charge in [-0.2, -0.15) is 0 Å². The molecule has 1 fully saturated rings. The molecule has 1 heterocycles. The highest BCUT2D eigenvalue weighted by Gasteiger charge is 2.15. The zero-order valence-corrected chi connectivity index (χ0v) is 14.5. The molecule has 2 rings (SSSR count). The van der Waals surface area contributed by atoms with Crippen LogP contribution in [0.15, 0.2) is 17.1 Å². The Morgan fingerprint density at radius 2 is 2.20 bits per heavy atom. The molecule has 0 amide bonds. The topological polar surface area (TPSA) is 54.9 Å². The minimum atomic E-state index is 0. The number of hydrogen-bond donors (Lipinski definition) is 2. The Labute approximate surface area is 138 Å². The van der Waals surface area contributed by atoms with Crippen LogP contribution in [-0.2, 0) is 9.47 Å². The molecular weight excluding hydrogens is 369 g/mol. The van der Waals surface area contributed by atoms with Crippen LogP contribution in [0, 0.1) is 0 Å². The van der Waals surface area contributed by atoms with Gasteiger partial charge in [-0.25, -0.2) is 0 Å². The zero-order chi connectivity index (χ0) is 13.3. The molecular formula is C14H26IN3O2. The van der Waals surface area contributed by atoms with E-state index < -0.39 is 0 Å². The van der Waals surface area contributed by atoms with Crippen LogP contribution < -0.4 is 10.6 Å². The van der Waals surface area contributed by atoms with Crippen LogP contribution in [-0.4, -0.2) is 51.5 Å². The zero-order valence-electron chi connectivity index (χ0n) is 12.1. The van der Waals surface area contributed by atoms with E-state index in [1.165, 1.54) is 0 Å². The highest BCUT2D eigenvalue weighted by molar-refractivity contribution is 14.0. The molecule has 116 valence electrons. The van der Waals surface area contributed by atoms with E-state index in [1.54, 1.807) is 7.05 Å². The number of rotatable bonds is 6. The molecule has 2 aliphatic rings. The van der Waals surface area contributed by atoms with E-state index in [0.717, 1.165) is 44.8 Å². The number of guanidine groups is 1. The van der Waals surface area contributed by atoms with E-state index in [4.69, 9.17) is 9.47 Å². The molecule has 0 aromatic heterocycles. The number of nitrogens with one attached hydrogen (secondary N) is 2. The van der Waals surface area contributed by atoms with Crippen molar-refractivity contribution in [2.24, 2.45) is 4.99 Å². The van der Waals surface area contributed by atoms with Crippen molar-refractivity contribution in [2.75, 3.05) is 33.4 Å². The van der Waals surface area contributed by atoms with Gasteiger partial charge < -0.3 is 20.1 Å². The van der Waals surface area contributed by atoms with Crippen molar-refractivity contribution in [3.05, 3.63) is 12.2 Å². The third-order valence-corrected chi connectivity index (χ3v) is 3.44. The summed E-state index contributed by atoms with van der Waals surface area (Å²) in [6, 6.07) is 0.485. The summed E-state index contributed by atoms with van der Waals surface area (Å²) in [5.74, 6) is 0.856. The lowest BCUT2D eigenvalue weighted by atomic mass is 10.2. The average molecular weight is 395 g/mol. The molecule has 20 heavy (non-hydrogen) atoms. The maximum absolute atomic E-state index is 5.60. The summed E-state index contributed by atoms with van der Waals surface area (Å²) in [5.41, 5.74) is 0. The van der Waals surface area contributed by atoms with Crippen LogP contribution in [0.25, 0.3) is 0 Å². The Morgan fingerprint density at radius 1 is 1.40 bits per heavy atom. The van der Waals surface area contributed by atoms with Gasteiger partial charge in [-0.05, 0) is 25.7 Å². The summed E-state index contributed by atoms with van der Waals surface area (Å²) in [4.78, 5) is 4.21. The van der Waals surface area contributed by atoms with Gasteiger partial charge in [-0.15, -0.1) is 24.0 Å². The van der Waals surface area contributed by atoms with Crippen LogP contribution >= 0.6 is 24.0 Å². The van der Waals surface area contributed by atoms with Crippen LogP contribution in [0.3, 0.4) is 0 Å². The van der Waals surface area contributed by atoms with E-state index in [0.29, 0.717) is 25.4 Å². The summed E-state index contributed by atoms with van der Waals surface area (Å²) >= 11 is 0. The Bertz CT molecular complexity index is 310. The van der Waals surface area contributed by atoms with E-state index in [9.17, 15) is 0 Å². The lowest BCUT2D eigenvalue weighted by Crippen LogP contribution is -2.43. The minimum Gasteiger partial charge on any atom is -0.377 e. The van der Waals surface area contributed by atoms with E-state index in [1.807, 2.05) is 0 Å². The minimum absolute atomic E-state index is 0. The summed E-state index contributed by atoms with van der Waals surface area (Å²) in [6.45, 7) is 3.05. The summed E-state index contributed by atoms with van der Waals surface area (Å²) in [5, 5.41) is 6.66. The van der Waals surface area contributed by atoms with Crippen LogP contribution in [0.5, 0.6) is 0 Å². The van der Waals surface area contributed by atoms with Gasteiger partial charge in [0.1, 0.15) is 0 Å². The highest BCUT2D eigenvalue weighted by Crippen LogP contribution is 2.11. The van der Waals surface area contributed by atoms with E-state index >= 15 is 0 Å². The van der Waals surface area contributed by atoms with Gasteiger partial charge in [0.25, 0.3) is 0 Å². The number of hydrogen-bond acceptors (Lipinski definition) is 3. The van der Waals surface area contributed by atoms with Crippen molar-refractivity contribution in [3.8, 4) is 0 Å². The van der Waals surface area contributed by atoms with Gasteiger partial charge in [-0.3, -0.25) is 4.99 Å². The van der Waals surface area contributed by atoms with Crippen LogP contribution in [0.4, 0.5) is 0 Å². The second-order valence-electron chi connectivity index (χ2n) is 4.99. The third-order valence-electron chi connectivity index (χ3n) is 3.44. The fraction of sp³-hybridized carbons (Fsp3) is 0.786. The normalized spacial score (nSPS) is 22.9. The van der Waals surface area contributed by atoms with Gasteiger partial charge in [0.2, 0.25) is 0 Å². The maximum atomic E-state index is 5.60. The Kier molecular flexibility index (Phi) is 9.21. The summed E-state index contributed by atoms with van der Waals surface area (Å²) in [6.07, 6.45) is 9.17. The van der Waals surface area contributed by atoms with Crippen molar-refractivity contribution < 1.29 is 9.47 Å². The predicted molar refractivity (Wildman–Crippen MR) is 91.9 cm³/mol. The molecule has 1 saturated heterocycles. The molecule has 2 N–H and O–H groups in total. The van der Waals surface area contributed by atoms with Crippen LogP contribution in [0.2, 0.25) is 0 Å². The number of ether oxygens (including phenoxy) is 2. The molecule has 1 aliphatic carbocycles. The molecule has 1 aliphatic heterocycles. The lowest BCUT2D eigenvalue weighted by molar-refractivity contribution is 0.0191. The molecule has 0 aromatic rings. The van der Waals surface area contributed by atoms with Crippen molar-refractivity contribution in [1.29, 1.82) is 0 Å². The average Bonchev–Trinajstić information content (AvgIpc) is 3.10.